The highest BCUT2D eigenvalue weighted by Crippen LogP contribution is 2.12. The van der Waals surface area contributed by atoms with Gasteiger partial charge in [0.05, 0.1) is 0 Å². The third-order valence-corrected chi connectivity index (χ3v) is 3.04. The highest BCUT2D eigenvalue weighted by Gasteiger charge is 2.05. The predicted molar refractivity (Wildman–Crippen MR) is 77.9 cm³/mol. The highest BCUT2D eigenvalue weighted by molar-refractivity contribution is 6.30. The summed E-state index contributed by atoms with van der Waals surface area (Å²) in [6.07, 6.45) is -0.713. The van der Waals surface area contributed by atoms with Crippen LogP contribution < -0.4 is 0 Å². The van der Waals surface area contributed by atoms with Crippen LogP contribution >= 0.6 is 23.2 Å². The molecule has 20 heavy (non-hydrogen) atoms. The largest absolute Gasteiger partial charge is 0.508 e. The van der Waals surface area contributed by atoms with Crippen LogP contribution in [0.5, 0.6) is 0 Å². The van der Waals surface area contributed by atoms with Gasteiger partial charge in [0, 0.05) is 10.0 Å². The fraction of sp³-hybridized carbons (Fsp3) is 0.133. The SMILES string of the molecule is O=C(OCc1ccc(Cl)cc1)OCc1ccc(Cl)cc1. The summed E-state index contributed by atoms with van der Waals surface area (Å²) >= 11 is 11.5. The summed E-state index contributed by atoms with van der Waals surface area (Å²) in [5, 5.41) is 1.28. The van der Waals surface area contributed by atoms with Gasteiger partial charge in [-0.1, -0.05) is 47.5 Å². The molecule has 0 heterocycles. The van der Waals surface area contributed by atoms with Gasteiger partial charge in [-0.15, -0.1) is 0 Å². The number of hydrogen-bond acceptors (Lipinski definition) is 3. The fourth-order valence-electron chi connectivity index (χ4n) is 1.49. The molecule has 0 aliphatic carbocycles. The summed E-state index contributed by atoms with van der Waals surface area (Å²) in [7, 11) is 0. The van der Waals surface area contributed by atoms with Gasteiger partial charge in [-0.05, 0) is 35.4 Å². The Morgan fingerprint density at radius 1 is 0.750 bits per heavy atom. The average molecular weight is 311 g/mol. The predicted octanol–water partition coefficient (Wildman–Crippen LogP) is 4.85. The standard InChI is InChI=1S/C15H12Cl2O3/c16-13-5-1-11(2-6-13)9-19-15(18)20-10-12-3-7-14(17)8-4-12/h1-8H,9-10H2. The molecule has 0 spiro atoms. The van der Waals surface area contributed by atoms with E-state index < -0.39 is 6.16 Å². The number of carbonyl (C=O) groups excluding carboxylic acids is 1. The Bertz CT molecular complexity index is 513. The molecule has 0 amide bonds. The number of ether oxygens (including phenoxy) is 2. The van der Waals surface area contributed by atoms with Crippen molar-refractivity contribution < 1.29 is 14.3 Å². The van der Waals surface area contributed by atoms with Crippen LogP contribution in [0.1, 0.15) is 11.1 Å². The topological polar surface area (TPSA) is 35.5 Å². The van der Waals surface area contributed by atoms with E-state index in [1.165, 1.54) is 0 Å². The summed E-state index contributed by atoms with van der Waals surface area (Å²) in [5.41, 5.74) is 1.69. The van der Waals surface area contributed by atoms with Crippen molar-refractivity contribution in [3.05, 3.63) is 69.7 Å². The van der Waals surface area contributed by atoms with Crippen LogP contribution in [-0.4, -0.2) is 6.16 Å². The number of hydrogen-bond donors (Lipinski definition) is 0. The molecule has 3 nitrogen and oxygen atoms in total. The minimum Gasteiger partial charge on any atom is -0.429 e. The van der Waals surface area contributed by atoms with E-state index in [4.69, 9.17) is 32.7 Å². The van der Waals surface area contributed by atoms with Crippen molar-refractivity contribution >= 4 is 29.4 Å². The number of benzene rings is 2. The van der Waals surface area contributed by atoms with Crippen LogP contribution in [0, 0.1) is 0 Å². The van der Waals surface area contributed by atoms with Gasteiger partial charge < -0.3 is 9.47 Å². The number of halogens is 2. The Hall–Kier alpha value is -1.71. The van der Waals surface area contributed by atoms with Gasteiger partial charge in [-0.2, -0.15) is 0 Å². The Balaban J connectivity index is 1.75. The van der Waals surface area contributed by atoms with Crippen molar-refractivity contribution in [2.24, 2.45) is 0 Å². The molecule has 0 N–H and O–H groups in total. The maximum absolute atomic E-state index is 11.4. The molecule has 0 unspecified atom stereocenters. The van der Waals surface area contributed by atoms with Crippen molar-refractivity contribution in [1.29, 1.82) is 0 Å². The Morgan fingerprint density at radius 3 is 1.45 bits per heavy atom. The maximum atomic E-state index is 11.4. The van der Waals surface area contributed by atoms with Gasteiger partial charge in [0.1, 0.15) is 13.2 Å². The molecular formula is C15H12Cl2O3. The van der Waals surface area contributed by atoms with Gasteiger partial charge in [0.25, 0.3) is 0 Å². The first-order valence-electron chi connectivity index (χ1n) is 5.92. The van der Waals surface area contributed by atoms with E-state index in [0.29, 0.717) is 10.0 Å². The fourth-order valence-corrected chi connectivity index (χ4v) is 1.74. The summed E-state index contributed by atoms with van der Waals surface area (Å²) in [6, 6.07) is 14.1. The molecule has 0 aliphatic heterocycles. The average Bonchev–Trinajstić information content (AvgIpc) is 2.46. The Labute approximate surface area is 127 Å². The van der Waals surface area contributed by atoms with Gasteiger partial charge in [0.15, 0.2) is 0 Å². The normalized spacial score (nSPS) is 10.1. The monoisotopic (exact) mass is 310 g/mol. The third-order valence-electron chi connectivity index (χ3n) is 2.54. The van der Waals surface area contributed by atoms with Gasteiger partial charge in [-0.3, -0.25) is 0 Å². The molecule has 104 valence electrons. The molecule has 0 saturated carbocycles. The van der Waals surface area contributed by atoms with Crippen LogP contribution in [0.25, 0.3) is 0 Å². The minimum absolute atomic E-state index is 0.149. The smallest absolute Gasteiger partial charge is 0.429 e. The van der Waals surface area contributed by atoms with Crippen molar-refractivity contribution in [2.45, 2.75) is 13.2 Å². The van der Waals surface area contributed by atoms with E-state index in [1.807, 2.05) is 0 Å². The first-order chi connectivity index (χ1) is 9.63. The van der Waals surface area contributed by atoms with Crippen molar-refractivity contribution in [2.75, 3.05) is 0 Å². The number of carbonyl (C=O) groups is 1. The van der Waals surface area contributed by atoms with Gasteiger partial charge >= 0.3 is 6.16 Å². The molecule has 0 fully saturated rings. The zero-order valence-corrected chi connectivity index (χ0v) is 12.0. The molecule has 0 aromatic heterocycles. The summed E-state index contributed by atoms with van der Waals surface area (Å²) in [4.78, 5) is 11.4. The second-order valence-corrected chi connectivity index (χ2v) is 4.95. The maximum Gasteiger partial charge on any atom is 0.508 e. The van der Waals surface area contributed by atoms with Crippen LogP contribution in [0.2, 0.25) is 10.0 Å². The van der Waals surface area contributed by atoms with E-state index in [2.05, 4.69) is 0 Å². The van der Waals surface area contributed by atoms with E-state index in [9.17, 15) is 4.79 Å². The Morgan fingerprint density at radius 2 is 1.10 bits per heavy atom. The molecule has 2 aromatic rings. The zero-order chi connectivity index (χ0) is 14.4. The second kappa shape index (κ2) is 7.17. The van der Waals surface area contributed by atoms with Crippen LogP contribution in [0.3, 0.4) is 0 Å². The highest BCUT2D eigenvalue weighted by atomic mass is 35.5. The first kappa shape index (κ1) is 14.7. The minimum atomic E-state index is -0.713. The molecule has 2 rings (SSSR count). The van der Waals surface area contributed by atoms with E-state index in [1.54, 1.807) is 48.5 Å². The summed E-state index contributed by atoms with van der Waals surface area (Å²) in [6.45, 7) is 0.299. The molecule has 2 aromatic carbocycles. The van der Waals surface area contributed by atoms with Crippen molar-refractivity contribution in [3.63, 3.8) is 0 Å². The number of rotatable bonds is 4. The quantitative estimate of drug-likeness (QED) is 0.757. The molecule has 0 bridgehead atoms. The molecular weight excluding hydrogens is 299 g/mol. The van der Waals surface area contributed by atoms with Crippen LogP contribution in [0.4, 0.5) is 4.79 Å². The summed E-state index contributed by atoms with van der Waals surface area (Å²) in [5.74, 6) is 0. The lowest BCUT2D eigenvalue weighted by Crippen LogP contribution is -2.07. The molecule has 0 radical (unpaired) electrons. The summed E-state index contributed by atoms with van der Waals surface area (Å²) < 4.78 is 9.97. The third kappa shape index (κ3) is 4.76. The lowest BCUT2D eigenvalue weighted by atomic mass is 10.2. The van der Waals surface area contributed by atoms with Crippen molar-refractivity contribution in [3.8, 4) is 0 Å². The van der Waals surface area contributed by atoms with Gasteiger partial charge in [0.2, 0.25) is 0 Å². The second-order valence-electron chi connectivity index (χ2n) is 4.08. The lowest BCUT2D eigenvalue weighted by molar-refractivity contribution is 0.0446. The molecule has 0 atom stereocenters. The molecule has 5 heteroatoms. The first-order valence-corrected chi connectivity index (χ1v) is 6.67. The van der Waals surface area contributed by atoms with Crippen molar-refractivity contribution in [1.82, 2.24) is 0 Å². The van der Waals surface area contributed by atoms with Crippen LogP contribution in [-0.2, 0) is 22.7 Å². The van der Waals surface area contributed by atoms with E-state index in [-0.39, 0.29) is 13.2 Å². The molecule has 0 saturated heterocycles. The van der Waals surface area contributed by atoms with E-state index in [0.717, 1.165) is 11.1 Å². The van der Waals surface area contributed by atoms with E-state index >= 15 is 0 Å². The van der Waals surface area contributed by atoms with Gasteiger partial charge in [-0.25, -0.2) is 4.79 Å². The van der Waals surface area contributed by atoms with Crippen LogP contribution in [0.15, 0.2) is 48.5 Å². The lowest BCUT2D eigenvalue weighted by Gasteiger charge is -2.06. The molecule has 0 aliphatic rings. The Kier molecular flexibility index (Phi) is 5.27. The zero-order valence-electron chi connectivity index (χ0n) is 10.5.